The molecular formula is C11H16FN3O. The minimum absolute atomic E-state index is 0.103. The quantitative estimate of drug-likeness (QED) is 0.752. The maximum absolute atomic E-state index is 13.7. The lowest BCUT2D eigenvalue weighted by molar-refractivity contribution is -0.118. The van der Waals surface area contributed by atoms with E-state index >= 15 is 0 Å². The van der Waals surface area contributed by atoms with Crippen molar-refractivity contribution in [2.24, 2.45) is 11.5 Å². The highest BCUT2D eigenvalue weighted by Gasteiger charge is 2.10. The predicted molar refractivity (Wildman–Crippen MR) is 59.8 cm³/mol. The van der Waals surface area contributed by atoms with E-state index < -0.39 is 5.91 Å². The van der Waals surface area contributed by atoms with Crippen molar-refractivity contribution in [3.63, 3.8) is 0 Å². The molecular weight excluding hydrogens is 209 g/mol. The lowest BCUT2D eigenvalue weighted by Crippen LogP contribution is -2.30. The molecule has 0 atom stereocenters. The molecule has 5 heteroatoms. The van der Waals surface area contributed by atoms with E-state index in [0.29, 0.717) is 17.7 Å². The molecule has 0 aliphatic rings. The molecule has 1 aromatic rings. The molecule has 0 radical (unpaired) electrons. The van der Waals surface area contributed by atoms with E-state index in [4.69, 9.17) is 11.5 Å². The van der Waals surface area contributed by atoms with Gasteiger partial charge in [-0.2, -0.15) is 0 Å². The lowest BCUT2D eigenvalue weighted by atomic mass is 10.1. The zero-order valence-electron chi connectivity index (χ0n) is 9.24. The van der Waals surface area contributed by atoms with Crippen molar-refractivity contribution in [1.82, 2.24) is 4.90 Å². The number of primary amides is 1. The molecule has 4 N–H and O–H groups in total. The van der Waals surface area contributed by atoms with Crippen LogP contribution in [0.5, 0.6) is 0 Å². The van der Waals surface area contributed by atoms with Gasteiger partial charge < -0.3 is 11.5 Å². The standard InChI is InChI=1S/C11H16FN3O/c1-15(7-10(14)16)6-9-4-2-3-8(5-13)11(9)12/h2-4H,5-7,13H2,1H3,(H2,14,16). The van der Waals surface area contributed by atoms with Crippen molar-refractivity contribution < 1.29 is 9.18 Å². The van der Waals surface area contributed by atoms with Gasteiger partial charge >= 0.3 is 0 Å². The van der Waals surface area contributed by atoms with Gasteiger partial charge in [-0.05, 0) is 7.05 Å². The van der Waals surface area contributed by atoms with Crippen LogP contribution in [0.3, 0.4) is 0 Å². The Morgan fingerprint density at radius 1 is 1.44 bits per heavy atom. The molecule has 1 amide bonds. The first-order chi connectivity index (χ1) is 7.54. The molecule has 1 rings (SSSR count). The first-order valence-corrected chi connectivity index (χ1v) is 4.97. The minimum atomic E-state index is -0.433. The highest BCUT2D eigenvalue weighted by molar-refractivity contribution is 5.75. The molecule has 0 fully saturated rings. The molecule has 16 heavy (non-hydrogen) atoms. The summed E-state index contributed by atoms with van der Waals surface area (Å²) < 4.78 is 13.7. The second kappa shape index (κ2) is 5.58. The van der Waals surface area contributed by atoms with Gasteiger partial charge in [-0.15, -0.1) is 0 Å². The maximum atomic E-state index is 13.7. The van der Waals surface area contributed by atoms with E-state index in [0.717, 1.165) is 0 Å². The summed E-state index contributed by atoms with van der Waals surface area (Å²) in [7, 11) is 1.71. The number of halogens is 1. The van der Waals surface area contributed by atoms with Crippen LogP contribution in [0.1, 0.15) is 11.1 Å². The Bertz CT molecular complexity index is 381. The van der Waals surface area contributed by atoms with Gasteiger partial charge in [-0.3, -0.25) is 9.69 Å². The summed E-state index contributed by atoms with van der Waals surface area (Å²) in [5.41, 5.74) is 11.4. The van der Waals surface area contributed by atoms with Gasteiger partial charge in [0.25, 0.3) is 0 Å². The zero-order chi connectivity index (χ0) is 12.1. The number of carbonyl (C=O) groups excluding carboxylic acids is 1. The second-order valence-electron chi connectivity index (χ2n) is 3.73. The Hall–Kier alpha value is -1.46. The molecule has 0 saturated heterocycles. The fourth-order valence-electron chi connectivity index (χ4n) is 1.53. The van der Waals surface area contributed by atoms with Crippen molar-refractivity contribution in [1.29, 1.82) is 0 Å². The number of benzene rings is 1. The fourth-order valence-corrected chi connectivity index (χ4v) is 1.53. The third-order valence-corrected chi connectivity index (χ3v) is 2.24. The van der Waals surface area contributed by atoms with Crippen LogP contribution in [0.25, 0.3) is 0 Å². The summed E-state index contributed by atoms with van der Waals surface area (Å²) in [4.78, 5) is 12.3. The van der Waals surface area contributed by atoms with E-state index in [-0.39, 0.29) is 18.9 Å². The van der Waals surface area contributed by atoms with Crippen molar-refractivity contribution in [2.45, 2.75) is 13.1 Å². The van der Waals surface area contributed by atoms with Crippen LogP contribution in [0.4, 0.5) is 4.39 Å². The van der Waals surface area contributed by atoms with E-state index in [1.807, 2.05) is 0 Å². The van der Waals surface area contributed by atoms with Crippen molar-refractivity contribution in [3.05, 3.63) is 35.1 Å². The molecule has 0 aromatic heterocycles. The summed E-state index contributed by atoms with van der Waals surface area (Å²) in [6, 6.07) is 5.07. The smallest absolute Gasteiger partial charge is 0.231 e. The SMILES string of the molecule is CN(CC(N)=O)Cc1cccc(CN)c1F. The Kier molecular flexibility index (Phi) is 4.39. The molecule has 88 valence electrons. The predicted octanol–water partition coefficient (Wildman–Crippen LogP) is 0.201. The first-order valence-electron chi connectivity index (χ1n) is 4.97. The number of nitrogens with zero attached hydrogens (tertiary/aromatic N) is 1. The largest absolute Gasteiger partial charge is 0.369 e. The van der Waals surface area contributed by atoms with Gasteiger partial charge in [0.1, 0.15) is 5.82 Å². The third kappa shape index (κ3) is 3.29. The Morgan fingerprint density at radius 3 is 2.62 bits per heavy atom. The summed E-state index contributed by atoms with van der Waals surface area (Å²) >= 11 is 0. The minimum Gasteiger partial charge on any atom is -0.369 e. The van der Waals surface area contributed by atoms with E-state index in [9.17, 15) is 9.18 Å². The van der Waals surface area contributed by atoms with Crippen molar-refractivity contribution >= 4 is 5.91 Å². The third-order valence-electron chi connectivity index (χ3n) is 2.24. The summed E-state index contributed by atoms with van der Waals surface area (Å²) in [6.45, 7) is 0.605. The number of hydrogen-bond acceptors (Lipinski definition) is 3. The number of likely N-dealkylation sites (N-methyl/N-ethyl adjacent to an activating group) is 1. The van der Waals surface area contributed by atoms with E-state index in [2.05, 4.69) is 0 Å². The first kappa shape index (κ1) is 12.6. The van der Waals surface area contributed by atoms with Gasteiger partial charge in [-0.1, -0.05) is 18.2 Å². The summed E-state index contributed by atoms with van der Waals surface area (Å²) in [6.07, 6.45) is 0. The van der Waals surface area contributed by atoms with E-state index in [1.165, 1.54) is 0 Å². The van der Waals surface area contributed by atoms with Crippen LogP contribution in [0.15, 0.2) is 18.2 Å². The Balaban J connectivity index is 2.77. The molecule has 1 aromatic carbocycles. The van der Waals surface area contributed by atoms with Crippen LogP contribution < -0.4 is 11.5 Å². The summed E-state index contributed by atoms with van der Waals surface area (Å²) in [5.74, 6) is -0.737. The average molecular weight is 225 g/mol. The van der Waals surface area contributed by atoms with Crippen molar-refractivity contribution in [2.75, 3.05) is 13.6 Å². The number of carbonyl (C=O) groups is 1. The Morgan fingerprint density at radius 2 is 2.06 bits per heavy atom. The molecule has 0 unspecified atom stereocenters. The molecule has 4 nitrogen and oxygen atoms in total. The molecule has 0 aliphatic carbocycles. The summed E-state index contributed by atoms with van der Waals surface area (Å²) in [5, 5.41) is 0. The zero-order valence-corrected chi connectivity index (χ0v) is 9.24. The van der Waals surface area contributed by atoms with Crippen LogP contribution in [0, 0.1) is 5.82 Å². The Labute approximate surface area is 94.0 Å². The second-order valence-corrected chi connectivity index (χ2v) is 3.73. The monoisotopic (exact) mass is 225 g/mol. The van der Waals surface area contributed by atoms with Gasteiger partial charge in [0.15, 0.2) is 0 Å². The number of hydrogen-bond donors (Lipinski definition) is 2. The maximum Gasteiger partial charge on any atom is 0.231 e. The molecule has 0 heterocycles. The molecule has 0 spiro atoms. The fraction of sp³-hybridized carbons (Fsp3) is 0.364. The average Bonchev–Trinajstić information content (AvgIpc) is 2.20. The van der Waals surface area contributed by atoms with Gasteiger partial charge in [0.2, 0.25) is 5.91 Å². The highest BCUT2D eigenvalue weighted by Crippen LogP contribution is 2.13. The molecule has 0 saturated carbocycles. The normalized spacial score (nSPS) is 10.8. The number of rotatable bonds is 5. The molecule has 0 bridgehead atoms. The van der Waals surface area contributed by atoms with Crippen LogP contribution in [-0.2, 0) is 17.9 Å². The van der Waals surface area contributed by atoms with E-state index in [1.54, 1.807) is 30.1 Å². The van der Waals surface area contributed by atoms with Gasteiger partial charge in [0, 0.05) is 24.2 Å². The number of nitrogens with two attached hydrogens (primary N) is 2. The van der Waals surface area contributed by atoms with Gasteiger partial charge in [-0.25, -0.2) is 4.39 Å². The number of amides is 1. The highest BCUT2D eigenvalue weighted by atomic mass is 19.1. The van der Waals surface area contributed by atoms with Crippen molar-refractivity contribution in [3.8, 4) is 0 Å². The lowest BCUT2D eigenvalue weighted by Gasteiger charge is -2.15. The molecule has 0 aliphatic heterocycles. The van der Waals surface area contributed by atoms with Gasteiger partial charge in [0.05, 0.1) is 6.54 Å². The topological polar surface area (TPSA) is 72.3 Å². The van der Waals surface area contributed by atoms with Crippen LogP contribution in [-0.4, -0.2) is 24.4 Å². The van der Waals surface area contributed by atoms with Crippen LogP contribution >= 0.6 is 0 Å². The van der Waals surface area contributed by atoms with Crippen LogP contribution in [0.2, 0.25) is 0 Å².